The molecule has 13 nitrogen and oxygen atoms in total. The van der Waals surface area contributed by atoms with Crippen molar-refractivity contribution in [3.8, 4) is 0 Å². The number of barbiturate groups is 1. The van der Waals surface area contributed by atoms with E-state index in [1.54, 1.807) is 37.3 Å². The van der Waals surface area contributed by atoms with Gasteiger partial charge < -0.3 is 15.2 Å². The predicted molar refractivity (Wildman–Crippen MR) is 173 cm³/mol. The van der Waals surface area contributed by atoms with Gasteiger partial charge in [0.2, 0.25) is 5.91 Å². The standard InChI is InChI=1S/C20H27N3O6.C12H26O4S/c1-3-5-11-28-13-15(29-18(21)26)12-23-17(25)20(4-2,16(24)22-19(23)27)14-9-7-6-8-10-14;1-2-3-4-5-6-7-8-9-10-11-12-16-17(13,14)15/h6-10,15H,3-5,11-13H2,1-2H3,(H2,21,26)(H,22,24,27);2-12H2,1H3,(H,13,14,15). The Morgan fingerprint density at radius 3 is 1.98 bits per heavy atom. The number of nitrogens with two attached hydrogens (primary N) is 1. The van der Waals surface area contributed by atoms with E-state index >= 15 is 0 Å². The molecule has 2 unspecified atom stereocenters. The molecule has 2 rings (SSSR count). The lowest BCUT2D eigenvalue weighted by atomic mass is 9.74. The van der Waals surface area contributed by atoms with Gasteiger partial charge in [0.25, 0.3) is 5.91 Å². The molecule has 5 amide bonds. The van der Waals surface area contributed by atoms with Gasteiger partial charge in [-0.2, -0.15) is 8.42 Å². The summed E-state index contributed by atoms with van der Waals surface area (Å²) < 4.78 is 43.5. The third-order valence-electron chi connectivity index (χ3n) is 7.61. The maximum absolute atomic E-state index is 13.3. The fraction of sp³-hybridized carbons (Fsp3) is 0.688. The first kappa shape index (κ1) is 41.0. The smallest absolute Gasteiger partial charge is 0.404 e. The van der Waals surface area contributed by atoms with E-state index in [0.29, 0.717) is 18.6 Å². The number of rotatable bonds is 22. The lowest BCUT2D eigenvalue weighted by Crippen LogP contribution is -2.67. The number of imide groups is 2. The van der Waals surface area contributed by atoms with Gasteiger partial charge in [0.1, 0.15) is 6.10 Å². The summed E-state index contributed by atoms with van der Waals surface area (Å²) >= 11 is 0. The lowest BCUT2D eigenvalue weighted by molar-refractivity contribution is -0.146. The second-order valence-corrected chi connectivity index (χ2v) is 12.3. The first-order chi connectivity index (χ1) is 21.9. The van der Waals surface area contributed by atoms with Crippen molar-refractivity contribution in [2.24, 2.45) is 5.73 Å². The fourth-order valence-corrected chi connectivity index (χ4v) is 5.39. The second kappa shape index (κ2) is 22.5. The number of hydrogen-bond donors (Lipinski definition) is 3. The van der Waals surface area contributed by atoms with Gasteiger partial charge in [-0.3, -0.25) is 24.4 Å². The van der Waals surface area contributed by atoms with Gasteiger partial charge in [-0.1, -0.05) is 115 Å². The molecule has 1 aromatic rings. The summed E-state index contributed by atoms with van der Waals surface area (Å²) in [5.41, 5.74) is 4.05. The average Bonchev–Trinajstić information content (AvgIpc) is 3.00. The molecule has 0 spiro atoms. The second-order valence-electron chi connectivity index (χ2n) is 11.2. The highest BCUT2D eigenvalue weighted by molar-refractivity contribution is 7.80. The molecule has 262 valence electrons. The molecule has 0 radical (unpaired) electrons. The fourth-order valence-electron chi connectivity index (χ4n) is 5.06. The topological polar surface area (TPSA) is 192 Å². The minimum atomic E-state index is -4.23. The molecule has 1 fully saturated rings. The van der Waals surface area contributed by atoms with E-state index in [1.807, 2.05) is 6.92 Å². The highest BCUT2D eigenvalue weighted by Crippen LogP contribution is 2.33. The maximum Gasteiger partial charge on any atom is 0.404 e. The molecule has 1 aliphatic rings. The molecular formula is C32H53N3O10S. The molecule has 1 heterocycles. The van der Waals surface area contributed by atoms with E-state index in [1.165, 1.54) is 44.9 Å². The first-order valence-electron chi connectivity index (χ1n) is 16.3. The zero-order valence-corrected chi connectivity index (χ0v) is 28.4. The zero-order valence-electron chi connectivity index (χ0n) is 27.5. The molecule has 1 aromatic carbocycles. The molecule has 0 aromatic heterocycles. The van der Waals surface area contributed by atoms with E-state index in [4.69, 9.17) is 19.8 Å². The molecule has 2 atom stereocenters. The summed E-state index contributed by atoms with van der Waals surface area (Å²) in [4.78, 5) is 50.6. The number of primary amides is 1. The Morgan fingerprint density at radius 2 is 1.46 bits per heavy atom. The summed E-state index contributed by atoms with van der Waals surface area (Å²) in [5.74, 6) is -1.35. The van der Waals surface area contributed by atoms with Crippen molar-refractivity contribution in [3.63, 3.8) is 0 Å². The van der Waals surface area contributed by atoms with Crippen LogP contribution in [-0.4, -0.2) is 74.3 Å². The quantitative estimate of drug-likeness (QED) is 0.0815. The van der Waals surface area contributed by atoms with Crippen LogP contribution in [0.15, 0.2) is 30.3 Å². The minimum absolute atomic E-state index is 0.0294. The number of unbranched alkanes of at least 4 members (excludes halogenated alkanes) is 10. The molecule has 14 heteroatoms. The molecule has 0 aliphatic carbocycles. The lowest BCUT2D eigenvalue weighted by Gasteiger charge is -2.39. The molecular weight excluding hydrogens is 618 g/mol. The predicted octanol–water partition coefficient (Wildman–Crippen LogP) is 5.42. The van der Waals surface area contributed by atoms with Gasteiger partial charge in [-0.05, 0) is 24.8 Å². The SMILES string of the molecule is CCCCCCCCCCCCOS(=O)(=O)O.CCCCOCC(CN1C(=O)NC(=O)C(CC)(c2ccccc2)C1=O)OC(N)=O. The van der Waals surface area contributed by atoms with Crippen LogP contribution in [0.3, 0.4) is 0 Å². The molecule has 0 saturated carbocycles. The summed E-state index contributed by atoms with van der Waals surface area (Å²) in [6, 6.07) is 7.67. The van der Waals surface area contributed by atoms with E-state index in [9.17, 15) is 27.6 Å². The number of carbonyl (C=O) groups excluding carboxylic acids is 4. The van der Waals surface area contributed by atoms with Crippen molar-refractivity contribution < 1.29 is 45.8 Å². The van der Waals surface area contributed by atoms with Crippen molar-refractivity contribution >= 4 is 34.3 Å². The van der Waals surface area contributed by atoms with Crippen molar-refractivity contribution in [3.05, 3.63) is 35.9 Å². The number of ether oxygens (including phenoxy) is 2. The number of benzene rings is 1. The maximum atomic E-state index is 13.3. The van der Waals surface area contributed by atoms with Gasteiger partial charge in [0.05, 0.1) is 19.8 Å². The minimum Gasteiger partial charge on any atom is -0.442 e. The molecule has 46 heavy (non-hydrogen) atoms. The van der Waals surface area contributed by atoms with Crippen molar-refractivity contribution in [1.29, 1.82) is 0 Å². The highest BCUT2D eigenvalue weighted by atomic mass is 32.3. The Hall–Kier alpha value is -3.07. The van der Waals surface area contributed by atoms with Gasteiger partial charge in [-0.15, -0.1) is 0 Å². The van der Waals surface area contributed by atoms with Crippen LogP contribution in [0.4, 0.5) is 9.59 Å². The summed E-state index contributed by atoms with van der Waals surface area (Å²) in [5, 5.41) is 2.25. The van der Waals surface area contributed by atoms with Crippen LogP contribution in [0.5, 0.6) is 0 Å². The number of nitrogens with one attached hydrogen (secondary N) is 1. The number of urea groups is 1. The number of nitrogens with zero attached hydrogens (tertiary/aromatic N) is 1. The third kappa shape index (κ3) is 15.0. The van der Waals surface area contributed by atoms with Gasteiger partial charge in [0.15, 0.2) is 5.41 Å². The van der Waals surface area contributed by atoms with Gasteiger partial charge >= 0.3 is 22.5 Å². The molecule has 0 bridgehead atoms. The Kier molecular flexibility index (Phi) is 20.0. The summed E-state index contributed by atoms with van der Waals surface area (Å²) in [6.45, 7) is 6.15. The van der Waals surface area contributed by atoms with E-state index in [0.717, 1.165) is 30.6 Å². The van der Waals surface area contributed by atoms with Crippen LogP contribution in [0.25, 0.3) is 0 Å². The Labute approximate surface area is 273 Å². The molecule has 1 aliphatic heterocycles. The molecule has 4 N–H and O–H groups in total. The Morgan fingerprint density at radius 1 is 0.891 bits per heavy atom. The zero-order chi connectivity index (χ0) is 34.4. The van der Waals surface area contributed by atoms with Gasteiger partial charge in [0, 0.05) is 6.61 Å². The monoisotopic (exact) mass is 671 g/mol. The van der Waals surface area contributed by atoms with Crippen molar-refractivity contribution in [1.82, 2.24) is 10.2 Å². The normalized spacial score (nSPS) is 17.2. The Bertz CT molecular complexity index is 1170. The van der Waals surface area contributed by atoms with Crippen molar-refractivity contribution in [2.75, 3.05) is 26.4 Å². The van der Waals surface area contributed by atoms with Crippen LogP contribution in [0, 0.1) is 0 Å². The van der Waals surface area contributed by atoms with Crippen LogP contribution < -0.4 is 11.1 Å². The van der Waals surface area contributed by atoms with E-state index < -0.39 is 45.9 Å². The van der Waals surface area contributed by atoms with Crippen LogP contribution in [-0.2, 0) is 39.1 Å². The number of amides is 5. The van der Waals surface area contributed by atoms with Crippen LogP contribution in [0.2, 0.25) is 0 Å². The largest absolute Gasteiger partial charge is 0.442 e. The van der Waals surface area contributed by atoms with E-state index in [2.05, 4.69) is 16.4 Å². The third-order valence-corrected chi connectivity index (χ3v) is 8.07. The average molecular weight is 672 g/mol. The summed E-state index contributed by atoms with van der Waals surface area (Å²) in [7, 11) is -4.23. The number of hydrogen-bond acceptors (Lipinski definition) is 9. The first-order valence-corrected chi connectivity index (χ1v) is 17.7. The highest BCUT2D eigenvalue weighted by Gasteiger charge is 2.54. The van der Waals surface area contributed by atoms with E-state index in [-0.39, 0.29) is 26.2 Å². The van der Waals surface area contributed by atoms with Crippen LogP contribution >= 0.6 is 0 Å². The van der Waals surface area contributed by atoms with Crippen LogP contribution in [0.1, 0.15) is 110 Å². The van der Waals surface area contributed by atoms with Gasteiger partial charge in [-0.25, -0.2) is 13.8 Å². The van der Waals surface area contributed by atoms with Crippen molar-refractivity contribution in [2.45, 2.75) is 116 Å². The molecule has 1 saturated heterocycles. The number of carbonyl (C=O) groups is 4. The Balaban J connectivity index is 0.000000533. The summed E-state index contributed by atoms with van der Waals surface area (Å²) in [6.07, 6.45) is 11.8.